The summed E-state index contributed by atoms with van der Waals surface area (Å²) in [5.74, 6) is 0. The van der Waals surface area contributed by atoms with Gasteiger partial charge in [0.05, 0.1) is 24.6 Å². The van der Waals surface area contributed by atoms with Crippen LogP contribution in [0.2, 0.25) is 0 Å². The fourth-order valence-electron chi connectivity index (χ4n) is 2.69. The Hall–Kier alpha value is -5.89. The van der Waals surface area contributed by atoms with Gasteiger partial charge >= 0.3 is 34.5 Å². The number of nitro benzene ring substituents is 5. The van der Waals surface area contributed by atoms with E-state index in [0.717, 1.165) is 12.1 Å². The van der Waals surface area contributed by atoms with E-state index >= 15 is 0 Å². The molecule has 0 radical (unpaired) electrons. The highest BCUT2D eigenvalue weighted by molar-refractivity contribution is 6.07. The second-order valence-corrected chi connectivity index (χ2v) is 5.72. The normalized spacial score (nSPS) is 10.1. The van der Waals surface area contributed by atoms with Gasteiger partial charge in [0.2, 0.25) is 0 Å². The first-order valence-corrected chi connectivity index (χ1v) is 8.07. The summed E-state index contributed by atoms with van der Waals surface area (Å²) in [4.78, 5) is 72.2. The first kappa shape index (κ1) is 24.4. The first-order valence-electron chi connectivity index (χ1n) is 8.07. The molecule has 0 saturated heterocycles. The number of anilines is 2. The molecule has 21 nitrogen and oxygen atoms in total. The van der Waals surface area contributed by atoms with Crippen LogP contribution in [0.4, 0.5) is 44.6 Å². The van der Waals surface area contributed by atoms with Gasteiger partial charge in [-0.1, -0.05) is 18.2 Å². The minimum Gasteiger partial charge on any atom is -0.303 e. The Morgan fingerprint density at radius 2 is 0.971 bits per heavy atom. The van der Waals surface area contributed by atoms with Crippen LogP contribution in [0, 0.1) is 60.7 Å². The van der Waals surface area contributed by atoms with Gasteiger partial charge in [-0.15, -0.1) is 0 Å². The summed E-state index contributed by atoms with van der Waals surface area (Å²) in [5.41, 5.74) is -13.8. The second-order valence-electron chi connectivity index (χ2n) is 5.72. The summed E-state index contributed by atoms with van der Waals surface area (Å²) in [6.07, 6.45) is 0. The van der Waals surface area contributed by atoms with Crippen LogP contribution in [0.25, 0.3) is 0 Å². The van der Waals surface area contributed by atoms with Crippen molar-refractivity contribution < 1.29 is 34.4 Å². The molecule has 2 aromatic carbocycles. The van der Waals surface area contributed by atoms with Crippen LogP contribution in [0.15, 0.2) is 30.3 Å². The van der Waals surface area contributed by atoms with Crippen LogP contribution >= 0.6 is 0 Å². The van der Waals surface area contributed by atoms with E-state index in [0.29, 0.717) is 0 Å². The Morgan fingerprint density at radius 1 is 0.618 bits per heavy atom. The van der Waals surface area contributed by atoms with Gasteiger partial charge < -0.3 is 5.32 Å². The molecule has 0 spiro atoms. The fraction of sp³-hybridized carbons (Fsp3) is 0. The molecule has 0 aliphatic rings. The van der Waals surface area contributed by atoms with E-state index in [1.54, 1.807) is 0 Å². The van der Waals surface area contributed by atoms with Crippen molar-refractivity contribution in [3.8, 4) is 0 Å². The van der Waals surface area contributed by atoms with E-state index in [1.165, 1.54) is 18.2 Å². The topological polar surface area (TPSA) is 291 Å². The lowest BCUT2D eigenvalue weighted by Crippen LogP contribution is -2.40. The summed E-state index contributed by atoms with van der Waals surface area (Å²) in [6, 6.07) is 4.40. The summed E-state index contributed by atoms with van der Waals surface area (Å²) in [5, 5.41) is 68.0. The molecule has 2 rings (SSSR count). The molecule has 176 valence electrons. The molecule has 0 unspecified atom stereocenters. The number of benzene rings is 2. The highest BCUT2D eigenvalue weighted by Crippen LogP contribution is 2.55. The number of nitro groups is 6. The minimum absolute atomic E-state index is 0.199. The van der Waals surface area contributed by atoms with Crippen LogP contribution in [0.1, 0.15) is 0 Å². The van der Waals surface area contributed by atoms with Crippen LogP contribution in [0.5, 0.6) is 0 Å². The largest absolute Gasteiger partial charge is 0.437 e. The number of carbonyl (C=O) groups is 1. The van der Waals surface area contributed by atoms with Gasteiger partial charge in [0.1, 0.15) is 0 Å². The Labute approximate surface area is 182 Å². The molecular weight excluding hydrogens is 476 g/mol. The van der Waals surface area contributed by atoms with Gasteiger partial charge in [-0.25, -0.2) is 14.9 Å². The smallest absolute Gasteiger partial charge is 0.303 e. The number of hydrogen-bond acceptors (Lipinski definition) is 13. The Bertz CT molecular complexity index is 1220. The maximum absolute atomic E-state index is 12.5. The highest BCUT2D eigenvalue weighted by Gasteiger charge is 2.59. The van der Waals surface area contributed by atoms with Gasteiger partial charge in [0.25, 0.3) is 5.69 Å². The standard InChI is InChI=1S/C13H6N8O13/c22-13(14-6-4-2-1-3-5-6)15(21(33)34)7-8(16(23)24)10(18(27)28)12(20(31)32)11(19(29)30)9(7)17(25)26/h1-5H,(H,14,22). The number of urea groups is 1. The predicted octanol–water partition coefficient (Wildman–Crippen LogP) is 2.46. The van der Waals surface area contributed by atoms with Gasteiger partial charge in [-0.3, -0.25) is 50.6 Å². The molecule has 0 bridgehead atoms. The van der Waals surface area contributed by atoms with Crippen molar-refractivity contribution in [1.29, 1.82) is 0 Å². The lowest BCUT2D eigenvalue weighted by atomic mass is 10.1. The summed E-state index contributed by atoms with van der Waals surface area (Å²) in [7, 11) is 0. The number of hydrogen-bond donors (Lipinski definition) is 1. The van der Waals surface area contributed by atoms with Crippen LogP contribution < -0.4 is 10.3 Å². The Kier molecular flexibility index (Phi) is 6.51. The Morgan fingerprint density at radius 3 is 1.29 bits per heavy atom. The van der Waals surface area contributed by atoms with E-state index in [-0.39, 0.29) is 5.69 Å². The molecule has 34 heavy (non-hydrogen) atoms. The number of amides is 2. The third-order valence-electron chi connectivity index (χ3n) is 3.85. The van der Waals surface area contributed by atoms with Crippen LogP contribution in [-0.2, 0) is 0 Å². The first-order chi connectivity index (χ1) is 15.8. The maximum atomic E-state index is 12.5. The molecule has 1 N–H and O–H groups in total. The van der Waals surface area contributed by atoms with Crippen molar-refractivity contribution in [2.24, 2.45) is 0 Å². The van der Waals surface area contributed by atoms with Gasteiger partial charge in [-0.2, -0.15) is 0 Å². The molecule has 0 saturated carbocycles. The molecule has 21 heteroatoms. The lowest BCUT2D eigenvalue weighted by molar-refractivity contribution is -0.487. The number of carbonyl (C=O) groups excluding carboxylic acids is 1. The molecular formula is C13H6N8O13. The molecule has 0 aliphatic carbocycles. The number of hydrazine groups is 1. The fourth-order valence-corrected chi connectivity index (χ4v) is 2.69. The molecule has 0 aliphatic heterocycles. The van der Waals surface area contributed by atoms with Crippen molar-refractivity contribution >= 4 is 45.8 Å². The van der Waals surface area contributed by atoms with E-state index in [2.05, 4.69) is 0 Å². The predicted molar refractivity (Wildman–Crippen MR) is 105 cm³/mol. The molecule has 2 amide bonds. The van der Waals surface area contributed by atoms with E-state index in [4.69, 9.17) is 0 Å². The van der Waals surface area contributed by atoms with Gasteiger partial charge in [0.15, 0.2) is 5.03 Å². The van der Waals surface area contributed by atoms with Crippen molar-refractivity contribution in [3.05, 3.63) is 91.0 Å². The zero-order valence-corrected chi connectivity index (χ0v) is 15.8. The molecule has 2 aromatic rings. The Balaban J connectivity index is 3.14. The highest BCUT2D eigenvalue weighted by atomic mass is 16.7. The number of rotatable bonds is 8. The lowest BCUT2D eigenvalue weighted by Gasteiger charge is -2.13. The van der Waals surface area contributed by atoms with Gasteiger partial charge in [0, 0.05) is 10.7 Å². The third kappa shape index (κ3) is 4.27. The molecule has 0 aromatic heterocycles. The molecule has 0 heterocycles. The number of nitrogens with one attached hydrogen (secondary N) is 1. The summed E-state index contributed by atoms with van der Waals surface area (Å²) < 4.78 is 0. The van der Waals surface area contributed by atoms with Crippen molar-refractivity contribution in [2.75, 3.05) is 10.3 Å². The van der Waals surface area contributed by atoms with Crippen LogP contribution in [-0.4, -0.2) is 35.7 Å². The average molecular weight is 482 g/mol. The van der Waals surface area contributed by atoms with E-state index < -0.39 is 74.8 Å². The maximum Gasteiger partial charge on any atom is 0.437 e. The minimum atomic E-state index is -2.29. The number of para-hydroxylation sites is 1. The van der Waals surface area contributed by atoms with E-state index in [9.17, 15) is 65.5 Å². The van der Waals surface area contributed by atoms with E-state index in [1.807, 2.05) is 5.32 Å². The summed E-state index contributed by atoms with van der Waals surface area (Å²) in [6.45, 7) is 0. The third-order valence-corrected chi connectivity index (χ3v) is 3.85. The monoisotopic (exact) mass is 482 g/mol. The zero-order valence-electron chi connectivity index (χ0n) is 15.8. The average Bonchev–Trinajstić information content (AvgIpc) is 2.72. The van der Waals surface area contributed by atoms with Crippen LogP contribution in [0.3, 0.4) is 0 Å². The zero-order chi connectivity index (χ0) is 25.9. The molecule has 0 atom stereocenters. The quantitative estimate of drug-likeness (QED) is 0.418. The van der Waals surface area contributed by atoms with Crippen molar-refractivity contribution in [1.82, 2.24) is 0 Å². The van der Waals surface area contributed by atoms with Gasteiger partial charge in [-0.05, 0) is 12.1 Å². The van der Waals surface area contributed by atoms with Crippen molar-refractivity contribution in [2.45, 2.75) is 0 Å². The summed E-state index contributed by atoms with van der Waals surface area (Å²) >= 11 is 0. The van der Waals surface area contributed by atoms with Crippen molar-refractivity contribution in [3.63, 3.8) is 0 Å². The SMILES string of the molecule is O=C(Nc1ccccc1)N(c1c([N+](=O)[O-])c([N+](=O)[O-])c([N+](=O)[O-])c([N+](=O)[O-])c1[N+](=O)[O-])[N+](=O)[O-]. The second kappa shape index (κ2) is 9.08. The molecule has 0 fully saturated rings. The number of nitrogens with zero attached hydrogens (tertiary/aromatic N) is 7.